The van der Waals surface area contributed by atoms with E-state index < -0.39 is 11.9 Å². The van der Waals surface area contributed by atoms with Crippen LogP contribution in [-0.4, -0.2) is 15.1 Å². The van der Waals surface area contributed by atoms with Crippen LogP contribution in [0.3, 0.4) is 0 Å². The fraction of sp³-hybridized carbons (Fsp3) is 0.0714. The normalized spacial score (nSPS) is 12.8. The van der Waals surface area contributed by atoms with Gasteiger partial charge >= 0.3 is 5.69 Å². The summed E-state index contributed by atoms with van der Waals surface area (Å²) in [6.45, 7) is 0. The van der Waals surface area contributed by atoms with Crippen LogP contribution in [0.5, 0.6) is 0 Å². The molecule has 0 saturated heterocycles. The van der Waals surface area contributed by atoms with E-state index in [1.54, 1.807) is 30.3 Å². The number of aromatic amines is 2. The Labute approximate surface area is 121 Å². The van der Waals surface area contributed by atoms with Crippen molar-refractivity contribution in [3.05, 3.63) is 68.3 Å². The molecule has 1 unspecified atom stereocenters. The van der Waals surface area contributed by atoms with Crippen molar-refractivity contribution in [1.29, 1.82) is 0 Å². The molecule has 0 aliphatic heterocycles. The minimum atomic E-state index is -1.12. The summed E-state index contributed by atoms with van der Waals surface area (Å²) in [7, 11) is 0. The molecule has 0 saturated carbocycles. The Hall–Kier alpha value is -1.92. The van der Waals surface area contributed by atoms with Crippen molar-refractivity contribution in [1.82, 2.24) is 9.97 Å². The zero-order chi connectivity index (χ0) is 14.3. The van der Waals surface area contributed by atoms with Crippen LogP contribution in [0, 0.1) is 5.82 Å². The highest BCUT2D eigenvalue weighted by Crippen LogP contribution is 2.31. The van der Waals surface area contributed by atoms with Gasteiger partial charge in [-0.25, -0.2) is 9.18 Å². The molecule has 20 heavy (non-hydrogen) atoms. The minimum absolute atomic E-state index is 0.171. The molecule has 0 aliphatic rings. The predicted octanol–water partition coefficient (Wildman–Crippen LogP) is 2.84. The lowest BCUT2D eigenvalue weighted by atomic mass is 10.0. The van der Waals surface area contributed by atoms with E-state index >= 15 is 0 Å². The first-order valence-corrected chi connectivity index (χ1v) is 6.69. The molecule has 4 nitrogen and oxygen atoms in total. The van der Waals surface area contributed by atoms with Crippen molar-refractivity contribution in [3.8, 4) is 0 Å². The molecule has 3 rings (SSSR count). The third-order valence-electron chi connectivity index (χ3n) is 3.13. The van der Waals surface area contributed by atoms with Gasteiger partial charge in [-0.05, 0) is 29.8 Å². The van der Waals surface area contributed by atoms with Crippen molar-refractivity contribution in [2.24, 2.45) is 0 Å². The Morgan fingerprint density at radius 3 is 2.65 bits per heavy atom. The number of hydrogen-bond donors (Lipinski definition) is 3. The van der Waals surface area contributed by atoms with E-state index in [-0.39, 0.29) is 11.3 Å². The maximum atomic E-state index is 13.9. The predicted molar refractivity (Wildman–Crippen MR) is 77.1 cm³/mol. The first-order valence-electron chi connectivity index (χ1n) is 5.90. The van der Waals surface area contributed by atoms with Crippen LogP contribution < -0.4 is 5.69 Å². The molecule has 0 bridgehead atoms. The summed E-state index contributed by atoms with van der Waals surface area (Å²) in [5, 5.41) is 10.3. The van der Waals surface area contributed by atoms with E-state index in [1.165, 1.54) is 6.07 Å². The Kier molecular flexibility index (Phi) is 3.19. The molecule has 1 atom stereocenters. The Balaban J connectivity index is 2.12. The second-order valence-electron chi connectivity index (χ2n) is 4.42. The molecule has 0 spiro atoms. The topological polar surface area (TPSA) is 68.9 Å². The average Bonchev–Trinajstić information content (AvgIpc) is 2.77. The van der Waals surface area contributed by atoms with Crippen LogP contribution in [-0.2, 0) is 0 Å². The van der Waals surface area contributed by atoms with Crippen molar-refractivity contribution in [3.63, 3.8) is 0 Å². The van der Waals surface area contributed by atoms with Gasteiger partial charge < -0.3 is 15.1 Å². The molecule has 0 fully saturated rings. The fourth-order valence-electron chi connectivity index (χ4n) is 2.16. The Morgan fingerprint density at radius 1 is 1.15 bits per heavy atom. The van der Waals surface area contributed by atoms with E-state index in [9.17, 15) is 14.3 Å². The van der Waals surface area contributed by atoms with E-state index in [0.29, 0.717) is 21.1 Å². The summed E-state index contributed by atoms with van der Waals surface area (Å²) >= 11 is 3.23. The summed E-state index contributed by atoms with van der Waals surface area (Å²) in [5.74, 6) is -0.491. The molecular weight excluding hydrogens is 327 g/mol. The zero-order valence-electron chi connectivity index (χ0n) is 10.2. The summed E-state index contributed by atoms with van der Waals surface area (Å²) in [4.78, 5) is 16.4. The number of aliphatic hydroxyl groups excluding tert-OH is 1. The minimum Gasteiger partial charge on any atom is -0.384 e. The lowest BCUT2D eigenvalue weighted by Crippen LogP contribution is -2.03. The number of hydrogen-bond acceptors (Lipinski definition) is 2. The monoisotopic (exact) mass is 336 g/mol. The number of H-pyrrole nitrogens is 2. The van der Waals surface area contributed by atoms with Gasteiger partial charge in [0.05, 0.1) is 11.0 Å². The summed E-state index contributed by atoms with van der Waals surface area (Å²) in [5.41, 5.74) is 1.56. The molecule has 0 aliphatic carbocycles. The fourth-order valence-corrected chi connectivity index (χ4v) is 2.72. The highest BCUT2D eigenvalue weighted by Gasteiger charge is 2.18. The average molecular weight is 337 g/mol. The second-order valence-corrected chi connectivity index (χ2v) is 5.28. The van der Waals surface area contributed by atoms with Crippen LogP contribution in [0.2, 0.25) is 0 Å². The van der Waals surface area contributed by atoms with Gasteiger partial charge in [0.15, 0.2) is 0 Å². The van der Waals surface area contributed by atoms with Crippen molar-refractivity contribution in [2.75, 3.05) is 0 Å². The summed E-state index contributed by atoms with van der Waals surface area (Å²) < 4.78 is 14.3. The van der Waals surface area contributed by atoms with Gasteiger partial charge in [-0.1, -0.05) is 28.1 Å². The quantitative estimate of drug-likeness (QED) is 0.673. The van der Waals surface area contributed by atoms with Gasteiger partial charge in [-0.15, -0.1) is 0 Å². The van der Waals surface area contributed by atoms with Crippen molar-refractivity contribution in [2.45, 2.75) is 6.10 Å². The van der Waals surface area contributed by atoms with Crippen LogP contribution >= 0.6 is 15.9 Å². The highest BCUT2D eigenvalue weighted by atomic mass is 79.9. The van der Waals surface area contributed by atoms with Crippen molar-refractivity contribution >= 4 is 27.0 Å². The molecule has 3 N–H and O–H groups in total. The Morgan fingerprint density at radius 2 is 1.90 bits per heavy atom. The number of halogens is 2. The molecular formula is C14H10BrFN2O2. The summed E-state index contributed by atoms with van der Waals surface area (Å²) in [6.07, 6.45) is -1.12. The van der Waals surface area contributed by atoms with Gasteiger partial charge in [-0.3, -0.25) is 0 Å². The van der Waals surface area contributed by atoms with Gasteiger partial charge in [0.2, 0.25) is 0 Å². The zero-order valence-corrected chi connectivity index (χ0v) is 11.7. The van der Waals surface area contributed by atoms with Gasteiger partial charge in [0.25, 0.3) is 0 Å². The molecule has 6 heteroatoms. The van der Waals surface area contributed by atoms with Crippen LogP contribution in [0.15, 0.2) is 45.7 Å². The molecule has 1 aromatic heterocycles. The van der Waals surface area contributed by atoms with Gasteiger partial charge in [0.1, 0.15) is 11.9 Å². The van der Waals surface area contributed by atoms with E-state index in [0.717, 1.165) is 0 Å². The van der Waals surface area contributed by atoms with E-state index in [4.69, 9.17) is 0 Å². The van der Waals surface area contributed by atoms with E-state index in [2.05, 4.69) is 25.9 Å². The largest absolute Gasteiger partial charge is 0.384 e. The van der Waals surface area contributed by atoms with Crippen molar-refractivity contribution < 1.29 is 9.50 Å². The number of rotatable bonds is 2. The highest BCUT2D eigenvalue weighted by molar-refractivity contribution is 9.10. The first-order chi connectivity index (χ1) is 9.56. The van der Waals surface area contributed by atoms with Crippen LogP contribution in [0.25, 0.3) is 11.0 Å². The third-order valence-corrected chi connectivity index (χ3v) is 3.82. The third kappa shape index (κ3) is 2.17. The number of aromatic nitrogens is 2. The molecule has 0 amide bonds. The maximum absolute atomic E-state index is 13.9. The number of imidazole rings is 1. The standard InChI is InChI=1S/C14H10BrFN2O2/c15-8-2-1-3-9(16)12(8)13(19)7-4-5-10-11(6-7)18-14(20)17-10/h1-6,13,19H,(H2,17,18,20). The Bertz CT molecular complexity index is 820. The summed E-state index contributed by atoms with van der Waals surface area (Å²) in [6, 6.07) is 9.45. The number of fused-ring (bicyclic) bond motifs is 1. The number of nitrogens with one attached hydrogen (secondary N) is 2. The lowest BCUT2D eigenvalue weighted by molar-refractivity contribution is 0.214. The smallest absolute Gasteiger partial charge is 0.323 e. The maximum Gasteiger partial charge on any atom is 0.323 e. The van der Waals surface area contributed by atoms with Gasteiger partial charge in [-0.2, -0.15) is 0 Å². The lowest BCUT2D eigenvalue weighted by Gasteiger charge is -2.14. The van der Waals surface area contributed by atoms with Crippen LogP contribution in [0.4, 0.5) is 4.39 Å². The van der Waals surface area contributed by atoms with Crippen LogP contribution in [0.1, 0.15) is 17.2 Å². The number of benzene rings is 2. The SMILES string of the molecule is O=c1[nH]c2ccc(C(O)c3c(F)cccc3Br)cc2[nH]1. The molecule has 0 radical (unpaired) electrons. The molecule has 102 valence electrons. The first kappa shape index (κ1) is 13.1. The van der Waals surface area contributed by atoms with Gasteiger partial charge in [0, 0.05) is 10.0 Å². The molecule has 2 aromatic carbocycles. The molecule has 1 heterocycles. The van der Waals surface area contributed by atoms with E-state index in [1.807, 2.05) is 0 Å². The molecule has 3 aromatic rings. The number of aliphatic hydroxyl groups is 1. The second kappa shape index (κ2) is 4.88.